The predicted molar refractivity (Wildman–Crippen MR) is 98.6 cm³/mol. The Morgan fingerprint density at radius 2 is 1.86 bits per heavy atom. The van der Waals surface area contributed by atoms with Gasteiger partial charge in [-0.1, -0.05) is 17.7 Å². The van der Waals surface area contributed by atoms with E-state index in [1.807, 2.05) is 6.92 Å². The summed E-state index contributed by atoms with van der Waals surface area (Å²) in [5.41, 5.74) is 6.89. The van der Waals surface area contributed by atoms with Crippen molar-refractivity contribution in [3.05, 3.63) is 42.5 Å². The predicted octanol–water partition coefficient (Wildman–Crippen LogP) is -0.0584. The van der Waals surface area contributed by atoms with Gasteiger partial charge in [-0.3, -0.25) is 4.57 Å². The normalized spacial score (nSPS) is 28.1. The lowest BCUT2D eigenvalue weighted by atomic mass is 10.1. The van der Waals surface area contributed by atoms with Crippen LogP contribution in [0.15, 0.2) is 41.8 Å². The second-order valence-corrected chi connectivity index (χ2v) is 8.81. The van der Waals surface area contributed by atoms with E-state index in [2.05, 4.69) is 15.0 Å². The monoisotopic (exact) mass is 405 g/mol. The number of hydrogen-bond donors (Lipinski definition) is 3. The summed E-state index contributed by atoms with van der Waals surface area (Å²) in [7, 11) is -4.37. The van der Waals surface area contributed by atoms with Crippen molar-refractivity contribution in [3.8, 4) is 0 Å². The summed E-state index contributed by atoms with van der Waals surface area (Å²) in [5, 5.41) is 18.8. The third kappa shape index (κ3) is 2.37. The number of aliphatic hydroxyl groups is 2. The van der Waals surface area contributed by atoms with Gasteiger partial charge in [0.15, 0.2) is 11.5 Å². The van der Waals surface area contributed by atoms with E-state index in [0.29, 0.717) is 0 Å². The zero-order valence-corrected chi connectivity index (χ0v) is 15.9. The summed E-state index contributed by atoms with van der Waals surface area (Å²) < 4.78 is 34.2. The fourth-order valence-electron chi connectivity index (χ4n) is 3.40. The van der Waals surface area contributed by atoms with Gasteiger partial charge in [-0.05, 0) is 26.0 Å². The average Bonchev–Trinajstić information content (AvgIpc) is 3.19. The summed E-state index contributed by atoms with van der Waals surface area (Å²) in [6.07, 6.45) is -1.90. The van der Waals surface area contributed by atoms with Gasteiger partial charge in [0, 0.05) is 0 Å². The molecule has 1 aromatic carbocycles. The Balaban J connectivity index is 2.04. The number of aromatic nitrogens is 4. The summed E-state index contributed by atoms with van der Waals surface area (Å²) >= 11 is 0. The molecule has 10 nitrogen and oxygen atoms in total. The number of imidazole rings is 1. The average molecular weight is 405 g/mol. The molecule has 1 aliphatic rings. The molecule has 1 fully saturated rings. The quantitative estimate of drug-likeness (QED) is 0.544. The minimum atomic E-state index is -4.37. The number of nitrogens with zero attached hydrogens (tertiary/aromatic N) is 4. The number of aryl methyl sites for hydroxylation is 1. The number of fused-ring (bicyclic) bond motifs is 1. The highest BCUT2D eigenvalue weighted by molar-refractivity contribution is 7.92. The van der Waals surface area contributed by atoms with Gasteiger partial charge >= 0.3 is 0 Å². The maximum absolute atomic E-state index is 13.7. The number of ether oxygens (including phenoxy) is 1. The topological polar surface area (TPSA) is 153 Å². The molecular weight excluding hydrogens is 386 g/mol. The number of rotatable bonds is 3. The number of hydrogen-bond acceptors (Lipinski definition) is 9. The zero-order chi connectivity index (χ0) is 20.3. The van der Waals surface area contributed by atoms with Crippen molar-refractivity contribution in [2.45, 2.75) is 42.1 Å². The van der Waals surface area contributed by atoms with Crippen LogP contribution in [0.3, 0.4) is 0 Å². The first-order valence-electron chi connectivity index (χ1n) is 8.49. The Hall–Kier alpha value is -2.60. The van der Waals surface area contributed by atoms with E-state index < -0.39 is 33.2 Å². The van der Waals surface area contributed by atoms with Crippen LogP contribution >= 0.6 is 0 Å². The second kappa shape index (κ2) is 6.21. The highest BCUT2D eigenvalue weighted by atomic mass is 32.2. The molecule has 3 heterocycles. The second-order valence-electron chi connectivity index (χ2n) is 6.75. The number of sulfone groups is 1. The first-order chi connectivity index (χ1) is 13.2. The largest absolute Gasteiger partial charge is 0.387 e. The molecule has 4 N–H and O–H groups in total. The molecule has 2 aromatic heterocycles. The van der Waals surface area contributed by atoms with Gasteiger partial charge in [0.1, 0.15) is 30.4 Å². The van der Waals surface area contributed by atoms with Crippen molar-refractivity contribution in [1.29, 1.82) is 0 Å². The molecule has 148 valence electrons. The molecule has 3 aromatic rings. The Labute approximate surface area is 160 Å². The van der Waals surface area contributed by atoms with Crippen molar-refractivity contribution < 1.29 is 23.4 Å². The summed E-state index contributed by atoms with van der Waals surface area (Å²) in [6.45, 7) is 3.30. The molecule has 0 unspecified atom stereocenters. The molecule has 0 spiro atoms. The van der Waals surface area contributed by atoms with E-state index in [1.165, 1.54) is 19.1 Å². The van der Waals surface area contributed by atoms with Crippen LogP contribution in [0.25, 0.3) is 11.2 Å². The molecule has 0 amide bonds. The zero-order valence-electron chi connectivity index (χ0n) is 15.1. The Kier molecular flexibility index (Phi) is 4.16. The standard InChI is InChI=1S/C17H19N5O5S/c1-9-3-5-11(6-4-9)28(25,26)17(14(24)13(23)10(2)27-17)22-8-21-12-15(18)19-7-20-16(12)22/h3-8,10,13-14,23-24H,1-2H3,(H2,18,19,20)/t10-,13-,14-,17+/m1/s1. The molecule has 0 radical (unpaired) electrons. The molecule has 1 saturated heterocycles. The number of anilines is 1. The minimum absolute atomic E-state index is 0.0488. The molecule has 0 aliphatic carbocycles. The SMILES string of the molecule is Cc1ccc(S(=O)(=O)[C@@]2(n3cnc4c(N)ncnc43)O[C@H](C)[C@@H](O)[C@H]2O)cc1. The lowest BCUT2D eigenvalue weighted by Gasteiger charge is -2.32. The number of nitrogen functional groups attached to an aromatic ring is 1. The minimum Gasteiger partial charge on any atom is -0.387 e. The van der Waals surface area contributed by atoms with Crippen LogP contribution in [-0.2, 0) is 19.6 Å². The van der Waals surface area contributed by atoms with Crippen LogP contribution < -0.4 is 5.73 Å². The first kappa shape index (κ1) is 18.7. The Morgan fingerprint density at radius 3 is 2.46 bits per heavy atom. The van der Waals surface area contributed by atoms with Crippen molar-refractivity contribution >= 4 is 26.8 Å². The van der Waals surface area contributed by atoms with Gasteiger partial charge in [-0.15, -0.1) is 0 Å². The van der Waals surface area contributed by atoms with E-state index in [9.17, 15) is 18.6 Å². The number of benzene rings is 1. The van der Waals surface area contributed by atoms with E-state index in [0.717, 1.165) is 22.8 Å². The molecule has 4 rings (SSSR count). The van der Waals surface area contributed by atoms with Crippen LogP contribution in [-0.4, -0.2) is 56.5 Å². The van der Waals surface area contributed by atoms with E-state index in [1.54, 1.807) is 12.1 Å². The third-order valence-corrected chi connectivity index (χ3v) is 7.14. The van der Waals surface area contributed by atoms with Crippen molar-refractivity contribution in [2.24, 2.45) is 0 Å². The van der Waals surface area contributed by atoms with Crippen molar-refractivity contribution in [2.75, 3.05) is 5.73 Å². The van der Waals surface area contributed by atoms with Crippen LogP contribution in [0.1, 0.15) is 12.5 Å². The van der Waals surface area contributed by atoms with E-state index in [4.69, 9.17) is 10.5 Å². The Bertz CT molecular complexity index is 1150. The van der Waals surface area contributed by atoms with Gasteiger partial charge in [-0.25, -0.2) is 23.4 Å². The fraction of sp³-hybridized carbons (Fsp3) is 0.353. The molecule has 28 heavy (non-hydrogen) atoms. The van der Waals surface area contributed by atoms with Crippen LogP contribution in [0.4, 0.5) is 5.82 Å². The van der Waals surface area contributed by atoms with Gasteiger partial charge in [0.25, 0.3) is 5.06 Å². The van der Waals surface area contributed by atoms with Gasteiger partial charge in [0.2, 0.25) is 9.84 Å². The lowest BCUT2D eigenvalue weighted by molar-refractivity contribution is -0.0694. The Morgan fingerprint density at radius 1 is 1.18 bits per heavy atom. The molecule has 0 bridgehead atoms. The summed E-state index contributed by atoms with van der Waals surface area (Å²) in [4.78, 5) is 11.9. The van der Waals surface area contributed by atoms with E-state index in [-0.39, 0.29) is 21.9 Å². The molecule has 11 heteroatoms. The molecular formula is C17H19N5O5S. The number of nitrogens with two attached hydrogens (primary N) is 1. The van der Waals surface area contributed by atoms with Crippen LogP contribution in [0.2, 0.25) is 0 Å². The van der Waals surface area contributed by atoms with Gasteiger partial charge in [-0.2, -0.15) is 0 Å². The first-order valence-corrected chi connectivity index (χ1v) is 9.97. The fourth-order valence-corrected chi connectivity index (χ4v) is 5.36. The number of aliphatic hydroxyl groups excluding tert-OH is 2. The maximum atomic E-state index is 13.7. The van der Waals surface area contributed by atoms with Gasteiger partial charge in [0.05, 0.1) is 11.0 Å². The van der Waals surface area contributed by atoms with Crippen molar-refractivity contribution in [3.63, 3.8) is 0 Å². The summed E-state index contributed by atoms with van der Waals surface area (Å²) in [6, 6.07) is 6.10. The van der Waals surface area contributed by atoms with Crippen molar-refractivity contribution in [1.82, 2.24) is 19.5 Å². The van der Waals surface area contributed by atoms with Crippen LogP contribution in [0.5, 0.6) is 0 Å². The maximum Gasteiger partial charge on any atom is 0.285 e. The van der Waals surface area contributed by atoms with Gasteiger partial charge < -0.3 is 20.7 Å². The molecule has 0 saturated carbocycles. The van der Waals surface area contributed by atoms with Crippen LogP contribution in [0, 0.1) is 6.92 Å². The third-order valence-electron chi connectivity index (χ3n) is 4.95. The highest BCUT2D eigenvalue weighted by Crippen LogP contribution is 2.44. The summed E-state index contributed by atoms with van der Waals surface area (Å²) in [5.74, 6) is 0.0488. The van der Waals surface area contributed by atoms with E-state index >= 15 is 0 Å². The molecule has 1 aliphatic heterocycles. The highest BCUT2D eigenvalue weighted by Gasteiger charge is 2.63. The molecule has 4 atom stereocenters. The smallest absolute Gasteiger partial charge is 0.285 e. The lowest BCUT2D eigenvalue weighted by Crippen LogP contribution is -2.51.